The molecular weight excluding hydrogens is 508 g/mol. The zero-order chi connectivity index (χ0) is 26.0. The molecule has 0 aliphatic carbocycles. The Kier molecular flexibility index (Phi) is 7.75. The predicted molar refractivity (Wildman–Crippen MR) is 150 cm³/mol. The van der Waals surface area contributed by atoms with Gasteiger partial charge in [-0.2, -0.15) is 0 Å². The van der Waals surface area contributed by atoms with Crippen LogP contribution >= 0.6 is 23.2 Å². The Morgan fingerprint density at radius 3 is 2.54 bits per heavy atom. The minimum absolute atomic E-state index is 0.0121. The Balaban J connectivity index is 1.38. The van der Waals surface area contributed by atoms with E-state index in [0.29, 0.717) is 22.2 Å². The van der Waals surface area contributed by atoms with E-state index < -0.39 is 0 Å². The van der Waals surface area contributed by atoms with Crippen molar-refractivity contribution in [1.29, 1.82) is 0 Å². The fourth-order valence-electron chi connectivity index (χ4n) is 5.93. The van der Waals surface area contributed by atoms with Gasteiger partial charge >= 0.3 is 0 Å². The molecule has 0 radical (unpaired) electrons. The van der Waals surface area contributed by atoms with Crippen LogP contribution in [0.3, 0.4) is 0 Å². The van der Waals surface area contributed by atoms with Crippen LogP contribution in [0.15, 0.2) is 66.7 Å². The monoisotopic (exact) mass is 539 g/mol. The summed E-state index contributed by atoms with van der Waals surface area (Å²) < 4.78 is 14.3. The van der Waals surface area contributed by atoms with Gasteiger partial charge in [-0.25, -0.2) is 4.39 Å². The Morgan fingerprint density at radius 2 is 1.81 bits per heavy atom. The average Bonchev–Trinajstić information content (AvgIpc) is 3.20. The highest BCUT2D eigenvalue weighted by Gasteiger charge is 2.43. The smallest absolute Gasteiger partial charge is 0.253 e. The number of fused-ring (bicyclic) bond motifs is 2. The Labute approximate surface area is 228 Å². The largest absolute Gasteiger partial charge is 0.370 e. The third kappa shape index (κ3) is 5.50. The highest BCUT2D eigenvalue weighted by atomic mass is 35.5. The fourth-order valence-corrected chi connectivity index (χ4v) is 6.24. The van der Waals surface area contributed by atoms with Crippen molar-refractivity contribution in [2.75, 3.05) is 44.7 Å². The van der Waals surface area contributed by atoms with Crippen molar-refractivity contribution >= 4 is 34.8 Å². The van der Waals surface area contributed by atoms with Crippen LogP contribution in [0.5, 0.6) is 0 Å². The second-order valence-electron chi connectivity index (χ2n) is 10.3. The van der Waals surface area contributed by atoms with Crippen LogP contribution in [0.4, 0.5) is 10.1 Å². The SMILES string of the molecule is CN(C[C@@H](CCN1CC2(CCNCC2)c2cc(F)ccc21)c1ccc(Cl)c(Cl)c1)C(=O)c1ccccc1. The van der Waals surface area contributed by atoms with Crippen LogP contribution in [-0.2, 0) is 5.41 Å². The third-order valence-corrected chi connectivity index (χ3v) is 8.69. The highest BCUT2D eigenvalue weighted by Crippen LogP contribution is 2.46. The number of likely N-dealkylation sites (N-methyl/N-ethyl adjacent to an activating group) is 1. The number of nitrogens with one attached hydrogen (secondary N) is 1. The summed E-state index contributed by atoms with van der Waals surface area (Å²) in [6.45, 7) is 4.13. The molecule has 194 valence electrons. The first-order valence-corrected chi connectivity index (χ1v) is 13.6. The number of piperidine rings is 1. The van der Waals surface area contributed by atoms with Gasteiger partial charge < -0.3 is 15.1 Å². The summed E-state index contributed by atoms with van der Waals surface area (Å²) in [4.78, 5) is 17.3. The minimum atomic E-state index is -0.173. The molecule has 3 aromatic carbocycles. The third-order valence-electron chi connectivity index (χ3n) is 7.95. The quantitative estimate of drug-likeness (QED) is 0.371. The summed E-state index contributed by atoms with van der Waals surface area (Å²) in [5.41, 5.74) is 3.97. The van der Waals surface area contributed by atoms with Gasteiger partial charge in [-0.1, -0.05) is 47.5 Å². The zero-order valence-corrected chi connectivity index (χ0v) is 22.5. The number of anilines is 1. The normalized spacial score (nSPS) is 17.0. The molecule has 1 saturated heterocycles. The van der Waals surface area contributed by atoms with Gasteiger partial charge in [0.25, 0.3) is 5.91 Å². The van der Waals surface area contributed by atoms with Crippen LogP contribution in [0.25, 0.3) is 0 Å². The molecule has 0 saturated carbocycles. The fraction of sp³-hybridized carbons (Fsp3) is 0.367. The van der Waals surface area contributed by atoms with Crippen molar-refractivity contribution < 1.29 is 9.18 Å². The topological polar surface area (TPSA) is 35.6 Å². The zero-order valence-electron chi connectivity index (χ0n) is 21.0. The number of carbonyl (C=O) groups is 1. The van der Waals surface area contributed by atoms with Crippen molar-refractivity contribution in [2.24, 2.45) is 0 Å². The lowest BCUT2D eigenvalue weighted by atomic mass is 9.75. The van der Waals surface area contributed by atoms with E-state index in [1.807, 2.05) is 61.6 Å². The number of benzene rings is 3. The van der Waals surface area contributed by atoms with Crippen LogP contribution in [-0.4, -0.2) is 50.6 Å². The van der Waals surface area contributed by atoms with Crippen LogP contribution in [0.1, 0.15) is 46.7 Å². The molecule has 1 spiro atoms. The van der Waals surface area contributed by atoms with Crippen molar-refractivity contribution in [3.8, 4) is 0 Å². The number of amides is 1. The first-order valence-electron chi connectivity index (χ1n) is 12.9. The van der Waals surface area contributed by atoms with Crippen molar-refractivity contribution in [3.63, 3.8) is 0 Å². The number of hydrogen-bond acceptors (Lipinski definition) is 3. The minimum Gasteiger partial charge on any atom is -0.370 e. The lowest BCUT2D eigenvalue weighted by Gasteiger charge is -2.35. The van der Waals surface area contributed by atoms with Gasteiger partial charge in [0, 0.05) is 49.3 Å². The summed E-state index contributed by atoms with van der Waals surface area (Å²) in [7, 11) is 1.85. The molecular formula is C30H32Cl2FN3O. The maximum atomic E-state index is 14.3. The summed E-state index contributed by atoms with van der Waals surface area (Å²) in [5.74, 6) is -0.129. The van der Waals surface area contributed by atoms with Crippen LogP contribution in [0.2, 0.25) is 10.0 Å². The second kappa shape index (κ2) is 11.0. The molecule has 5 rings (SSSR count). The van der Waals surface area contributed by atoms with E-state index in [2.05, 4.69) is 10.2 Å². The molecule has 2 aliphatic rings. The molecule has 0 aromatic heterocycles. The number of rotatable bonds is 7. The lowest BCUT2D eigenvalue weighted by Crippen LogP contribution is -2.43. The van der Waals surface area contributed by atoms with Crippen LogP contribution in [0, 0.1) is 5.82 Å². The maximum Gasteiger partial charge on any atom is 0.253 e. The summed E-state index contributed by atoms with van der Waals surface area (Å²) in [6.07, 6.45) is 2.82. The van der Waals surface area contributed by atoms with Gasteiger partial charge in [-0.15, -0.1) is 0 Å². The van der Waals surface area contributed by atoms with Gasteiger partial charge in [0.2, 0.25) is 0 Å². The summed E-state index contributed by atoms with van der Waals surface area (Å²) in [6, 6.07) is 20.3. The Bertz CT molecular complexity index is 1260. The van der Waals surface area contributed by atoms with Gasteiger partial charge in [0.05, 0.1) is 10.0 Å². The second-order valence-corrected chi connectivity index (χ2v) is 11.1. The number of halogens is 3. The molecule has 3 aromatic rings. The molecule has 1 atom stereocenters. The molecule has 1 fully saturated rings. The first kappa shape index (κ1) is 26.0. The molecule has 4 nitrogen and oxygen atoms in total. The van der Waals surface area contributed by atoms with E-state index in [1.165, 1.54) is 0 Å². The average molecular weight is 541 g/mol. The number of hydrogen-bond donors (Lipinski definition) is 1. The number of nitrogens with zero attached hydrogens (tertiary/aromatic N) is 2. The highest BCUT2D eigenvalue weighted by molar-refractivity contribution is 6.42. The predicted octanol–water partition coefficient (Wildman–Crippen LogP) is 6.52. The summed E-state index contributed by atoms with van der Waals surface area (Å²) >= 11 is 12.6. The van der Waals surface area contributed by atoms with Gasteiger partial charge in [-0.05, 0) is 85.9 Å². The van der Waals surface area contributed by atoms with E-state index in [4.69, 9.17) is 23.2 Å². The van der Waals surface area contributed by atoms with Gasteiger partial charge in [0.15, 0.2) is 0 Å². The van der Waals surface area contributed by atoms with Crippen LogP contribution < -0.4 is 10.2 Å². The molecule has 1 amide bonds. The lowest BCUT2D eigenvalue weighted by molar-refractivity contribution is 0.0785. The van der Waals surface area contributed by atoms with E-state index in [9.17, 15) is 9.18 Å². The molecule has 37 heavy (non-hydrogen) atoms. The molecule has 7 heteroatoms. The van der Waals surface area contributed by atoms with E-state index in [0.717, 1.165) is 62.3 Å². The number of carbonyl (C=O) groups excluding carboxylic acids is 1. The Morgan fingerprint density at radius 1 is 1.05 bits per heavy atom. The van der Waals surface area contributed by atoms with Gasteiger partial charge in [0.1, 0.15) is 5.82 Å². The van der Waals surface area contributed by atoms with Crippen molar-refractivity contribution in [2.45, 2.75) is 30.6 Å². The summed E-state index contributed by atoms with van der Waals surface area (Å²) in [5, 5.41) is 4.48. The van der Waals surface area contributed by atoms with Crippen molar-refractivity contribution in [1.82, 2.24) is 10.2 Å². The van der Waals surface area contributed by atoms with Crippen molar-refractivity contribution in [3.05, 3.63) is 99.3 Å². The maximum absolute atomic E-state index is 14.3. The Hall–Kier alpha value is -2.60. The molecule has 0 unspecified atom stereocenters. The van der Waals surface area contributed by atoms with E-state index in [1.54, 1.807) is 17.0 Å². The van der Waals surface area contributed by atoms with Gasteiger partial charge in [-0.3, -0.25) is 4.79 Å². The molecule has 2 aliphatic heterocycles. The van der Waals surface area contributed by atoms with E-state index >= 15 is 0 Å². The first-order chi connectivity index (χ1) is 17.9. The molecule has 1 N–H and O–H groups in total. The molecule has 2 heterocycles. The molecule has 0 bridgehead atoms. The van der Waals surface area contributed by atoms with E-state index in [-0.39, 0.29) is 23.1 Å². The standard InChI is InChI=1S/C30H32Cl2FN3O/c1-35(29(37)21-5-3-2-4-6-21)19-23(22-7-9-26(31)27(32)17-22)11-16-36-20-30(12-14-34-15-13-30)25-18-24(33)8-10-28(25)36/h2-10,17-18,23,34H,11-16,19-20H2,1H3/t23-/m1/s1.